The Bertz CT molecular complexity index is 1080. The molecule has 0 spiro atoms. The van der Waals surface area contributed by atoms with Crippen LogP contribution < -0.4 is 14.8 Å². The van der Waals surface area contributed by atoms with Crippen LogP contribution in [-0.2, 0) is 6.54 Å². The van der Waals surface area contributed by atoms with Crippen LogP contribution >= 0.6 is 12.2 Å². The van der Waals surface area contributed by atoms with E-state index in [9.17, 15) is 0 Å². The first kappa shape index (κ1) is 20.3. The van der Waals surface area contributed by atoms with Crippen molar-refractivity contribution >= 4 is 23.0 Å². The van der Waals surface area contributed by atoms with Gasteiger partial charge in [-0.1, -0.05) is 18.2 Å². The number of nitrogens with one attached hydrogen (secondary N) is 1. The number of ether oxygens (including phenoxy) is 2. The minimum Gasteiger partial charge on any atom is -0.493 e. The Morgan fingerprint density at radius 3 is 2.57 bits per heavy atom. The van der Waals surface area contributed by atoms with Crippen LogP contribution in [0.4, 0.5) is 5.69 Å². The summed E-state index contributed by atoms with van der Waals surface area (Å²) in [5.41, 5.74) is 5.82. The molecule has 30 heavy (non-hydrogen) atoms. The Morgan fingerprint density at radius 2 is 1.80 bits per heavy atom. The van der Waals surface area contributed by atoms with Crippen LogP contribution in [0.1, 0.15) is 28.4 Å². The lowest BCUT2D eigenvalue weighted by Crippen LogP contribution is -2.44. The molecule has 4 rings (SSSR count). The molecular weight excluding hydrogens is 394 g/mol. The van der Waals surface area contributed by atoms with E-state index in [1.807, 2.05) is 12.1 Å². The fourth-order valence-electron chi connectivity index (χ4n) is 4.05. The Labute approximate surface area is 183 Å². The Balaban J connectivity index is 1.72. The second kappa shape index (κ2) is 8.40. The summed E-state index contributed by atoms with van der Waals surface area (Å²) in [5.74, 6) is 1.43. The van der Waals surface area contributed by atoms with Gasteiger partial charge in [0, 0.05) is 30.7 Å². The fraction of sp³-hybridized carbons (Fsp3) is 0.292. The molecule has 1 N–H and O–H groups in total. The van der Waals surface area contributed by atoms with Gasteiger partial charge in [-0.05, 0) is 73.1 Å². The zero-order chi connectivity index (χ0) is 21.3. The normalized spacial score (nSPS) is 15.5. The zero-order valence-corrected chi connectivity index (χ0v) is 18.6. The van der Waals surface area contributed by atoms with Crippen molar-refractivity contribution in [1.82, 2.24) is 9.47 Å². The van der Waals surface area contributed by atoms with Crippen molar-refractivity contribution in [3.63, 3.8) is 0 Å². The Kier molecular flexibility index (Phi) is 5.68. The number of nitrogens with zero attached hydrogens (tertiary/aromatic N) is 2. The molecular formula is C24H27N3O2S. The molecule has 1 atom stereocenters. The van der Waals surface area contributed by atoms with Crippen LogP contribution in [0.15, 0.2) is 54.7 Å². The van der Waals surface area contributed by atoms with Crippen molar-refractivity contribution in [3.8, 4) is 11.5 Å². The van der Waals surface area contributed by atoms with Gasteiger partial charge in [0.2, 0.25) is 0 Å². The monoisotopic (exact) mass is 421 g/mol. The molecule has 1 aliphatic heterocycles. The molecule has 0 bridgehead atoms. The van der Waals surface area contributed by atoms with Crippen molar-refractivity contribution in [2.75, 3.05) is 26.1 Å². The first-order valence-electron chi connectivity index (χ1n) is 10.0. The summed E-state index contributed by atoms with van der Waals surface area (Å²) in [5, 5.41) is 4.21. The number of thiocarbonyl (C=S) groups is 1. The summed E-state index contributed by atoms with van der Waals surface area (Å²) in [6.45, 7) is 5.94. The third-order valence-corrected chi connectivity index (χ3v) is 6.21. The summed E-state index contributed by atoms with van der Waals surface area (Å²) in [6, 6.07) is 16.6. The van der Waals surface area contributed by atoms with E-state index in [0.717, 1.165) is 35.2 Å². The minimum atomic E-state index is -0.0151. The number of hydrogen-bond acceptors (Lipinski definition) is 3. The van der Waals surface area contributed by atoms with Crippen molar-refractivity contribution in [3.05, 3.63) is 77.1 Å². The molecule has 0 amide bonds. The van der Waals surface area contributed by atoms with Gasteiger partial charge < -0.3 is 24.3 Å². The molecule has 156 valence electrons. The van der Waals surface area contributed by atoms with Crippen LogP contribution in [0.2, 0.25) is 0 Å². The molecule has 0 aliphatic carbocycles. The van der Waals surface area contributed by atoms with Gasteiger partial charge in [-0.3, -0.25) is 0 Å². The molecule has 2 aromatic carbocycles. The molecule has 5 nitrogen and oxygen atoms in total. The van der Waals surface area contributed by atoms with E-state index in [4.69, 9.17) is 21.7 Å². The van der Waals surface area contributed by atoms with Crippen molar-refractivity contribution in [1.29, 1.82) is 0 Å². The third-order valence-electron chi connectivity index (χ3n) is 5.87. The van der Waals surface area contributed by atoms with E-state index in [2.05, 4.69) is 71.2 Å². The average Bonchev–Trinajstić information content (AvgIpc) is 3.24. The maximum atomic E-state index is 5.90. The molecule has 0 saturated carbocycles. The van der Waals surface area contributed by atoms with Crippen LogP contribution in [0, 0.1) is 13.8 Å². The standard InChI is InChI=1S/C24H27N3O2S/c1-16-7-5-8-19(17(16)2)25-24(30)27-14-13-26-12-6-9-20(26)23(27)18-10-11-21(28-3)22(15-18)29-4/h5-12,15,23H,13-14H2,1-4H3,(H,25,30). The summed E-state index contributed by atoms with van der Waals surface area (Å²) in [4.78, 5) is 2.26. The number of methoxy groups -OCH3 is 2. The zero-order valence-electron chi connectivity index (χ0n) is 17.8. The number of anilines is 1. The molecule has 2 heterocycles. The predicted octanol–water partition coefficient (Wildman–Crippen LogP) is 4.92. The van der Waals surface area contributed by atoms with E-state index < -0.39 is 0 Å². The van der Waals surface area contributed by atoms with Crippen LogP contribution in [0.3, 0.4) is 0 Å². The number of rotatable bonds is 4. The fourth-order valence-corrected chi connectivity index (χ4v) is 4.36. The highest BCUT2D eigenvalue weighted by Crippen LogP contribution is 2.37. The van der Waals surface area contributed by atoms with Crippen LogP contribution in [0.5, 0.6) is 11.5 Å². The maximum Gasteiger partial charge on any atom is 0.174 e. The topological polar surface area (TPSA) is 38.7 Å². The minimum absolute atomic E-state index is 0.0151. The number of aryl methyl sites for hydroxylation is 1. The molecule has 0 fully saturated rings. The van der Waals surface area contributed by atoms with Crippen LogP contribution in [-0.4, -0.2) is 35.3 Å². The SMILES string of the molecule is COc1ccc(C2c3cccn3CCN2C(=S)Nc2cccc(C)c2C)cc1OC. The predicted molar refractivity (Wildman–Crippen MR) is 125 cm³/mol. The van der Waals surface area contributed by atoms with E-state index in [0.29, 0.717) is 5.75 Å². The van der Waals surface area contributed by atoms with Crippen molar-refractivity contribution in [2.24, 2.45) is 0 Å². The van der Waals surface area contributed by atoms with Gasteiger partial charge in [0.25, 0.3) is 0 Å². The lowest BCUT2D eigenvalue weighted by molar-refractivity contribution is 0.291. The molecule has 0 radical (unpaired) electrons. The summed E-state index contributed by atoms with van der Waals surface area (Å²) in [7, 11) is 3.31. The molecule has 6 heteroatoms. The molecule has 3 aromatic rings. The second-order valence-corrected chi connectivity index (χ2v) is 7.90. The first-order valence-corrected chi connectivity index (χ1v) is 10.4. The highest BCUT2D eigenvalue weighted by molar-refractivity contribution is 7.80. The van der Waals surface area contributed by atoms with Gasteiger partial charge in [-0.2, -0.15) is 0 Å². The van der Waals surface area contributed by atoms with Crippen molar-refractivity contribution in [2.45, 2.75) is 26.4 Å². The molecule has 1 aromatic heterocycles. The lowest BCUT2D eigenvalue weighted by atomic mass is 9.99. The number of aromatic nitrogens is 1. The summed E-state index contributed by atoms with van der Waals surface area (Å²) < 4.78 is 13.3. The smallest absolute Gasteiger partial charge is 0.174 e. The highest BCUT2D eigenvalue weighted by Gasteiger charge is 2.31. The largest absolute Gasteiger partial charge is 0.493 e. The van der Waals surface area contributed by atoms with E-state index in [-0.39, 0.29) is 6.04 Å². The van der Waals surface area contributed by atoms with Gasteiger partial charge in [-0.25, -0.2) is 0 Å². The Hall–Kier alpha value is -2.99. The molecule has 0 saturated heterocycles. The van der Waals surface area contributed by atoms with Crippen molar-refractivity contribution < 1.29 is 9.47 Å². The number of fused-ring (bicyclic) bond motifs is 1. The molecule has 1 unspecified atom stereocenters. The highest BCUT2D eigenvalue weighted by atomic mass is 32.1. The first-order chi connectivity index (χ1) is 14.5. The molecule has 1 aliphatic rings. The third kappa shape index (κ3) is 3.63. The van der Waals surface area contributed by atoms with Gasteiger partial charge in [-0.15, -0.1) is 0 Å². The Morgan fingerprint density at radius 1 is 1.00 bits per heavy atom. The van der Waals surface area contributed by atoms with Gasteiger partial charge >= 0.3 is 0 Å². The number of hydrogen-bond donors (Lipinski definition) is 1. The average molecular weight is 422 g/mol. The van der Waals surface area contributed by atoms with Gasteiger partial charge in [0.05, 0.1) is 20.3 Å². The summed E-state index contributed by atoms with van der Waals surface area (Å²) in [6.07, 6.45) is 2.13. The maximum absolute atomic E-state index is 5.90. The van der Waals surface area contributed by atoms with Gasteiger partial charge in [0.1, 0.15) is 0 Å². The van der Waals surface area contributed by atoms with Gasteiger partial charge in [0.15, 0.2) is 16.6 Å². The number of benzene rings is 2. The van der Waals surface area contributed by atoms with E-state index >= 15 is 0 Å². The quantitative estimate of drug-likeness (QED) is 0.605. The summed E-state index contributed by atoms with van der Waals surface area (Å²) >= 11 is 5.90. The lowest BCUT2D eigenvalue weighted by Gasteiger charge is -2.39. The van der Waals surface area contributed by atoms with E-state index in [1.165, 1.54) is 16.8 Å². The van der Waals surface area contributed by atoms with Crippen LogP contribution in [0.25, 0.3) is 0 Å². The second-order valence-electron chi connectivity index (χ2n) is 7.51. The van der Waals surface area contributed by atoms with E-state index in [1.54, 1.807) is 14.2 Å².